The van der Waals surface area contributed by atoms with E-state index in [0.29, 0.717) is 4.47 Å². The van der Waals surface area contributed by atoms with Crippen molar-refractivity contribution in [3.05, 3.63) is 60.8 Å². The summed E-state index contributed by atoms with van der Waals surface area (Å²) in [6.45, 7) is -0.397. The first kappa shape index (κ1) is 18.1. The van der Waals surface area contributed by atoms with Crippen molar-refractivity contribution in [1.82, 2.24) is 5.43 Å². The fourth-order valence-electron chi connectivity index (χ4n) is 1.57. The predicted octanol–water partition coefficient (Wildman–Crippen LogP) is 2.39. The molecule has 2 rings (SSSR count). The summed E-state index contributed by atoms with van der Waals surface area (Å²) in [6, 6.07) is 6.30. The number of nitro groups is 2. The Morgan fingerprint density at radius 3 is 2.64 bits per heavy atom. The van der Waals surface area contributed by atoms with E-state index in [4.69, 9.17) is 9.15 Å². The van der Waals surface area contributed by atoms with Crippen molar-refractivity contribution in [3.63, 3.8) is 0 Å². The summed E-state index contributed by atoms with van der Waals surface area (Å²) in [7, 11) is 0. The molecular formula is C13H9BrN4O7. The van der Waals surface area contributed by atoms with Crippen molar-refractivity contribution in [2.24, 2.45) is 5.10 Å². The normalized spacial score (nSPS) is 10.6. The van der Waals surface area contributed by atoms with Crippen molar-refractivity contribution in [2.45, 2.75) is 0 Å². The van der Waals surface area contributed by atoms with E-state index in [1.807, 2.05) is 0 Å². The minimum atomic E-state index is -0.703. The fraction of sp³-hybridized carbons (Fsp3) is 0.0769. The van der Waals surface area contributed by atoms with Gasteiger partial charge in [-0.1, -0.05) is 0 Å². The molecule has 11 nitrogen and oxygen atoms in total. The molecule has 1 heterocycles. The number of amides is 1. The molecule has 0 aliphatic heterocycles. The third-order valence-corrected chi connectivity index (χ3v) is 3.28. The van der Waals surface area contributed by atoms with E-state index in [0.717, 1.165) is 12.3 Å². The second kappa shape index (κ2) is 8.01. The average Bonchev–Trinajstić information content (AvgIpc) is 3.02. The molecule has 0 aliphatic rings. The predicted molar refractivity (Wildman–Crippen MR) is 87.4 cm³/mol. The van der Waals surface area contributed by atoms with Crippen LogP contribution in [0.1, 0.15) is 5.76 Å². The largest absolute Gasteiger partial charge is 0.483 e. The maximum Gasteiger partial charge on any atom is 0.433 e. The average molecular weight is 413 g/mol. The summed E-state index contributed by atoms with van der Waals surface area (Å²) in [6.07, 6.45) is 1.09. The van der Waals surface area contributed by atoms with Crippen LogP contribution in [0, 0.1) is 20.2 Å². The van der Waals surface area contributed by atoms with Gasteiger partial charge < -0.3 is 9.15 Å². The second-order valence-electron chi connectivity index (χ2n) is 4.39. The van der Waals surface area contributed by atoms with Crippen molar-refractivity contribution in [3.8, 4) is 5.75 Å². The molecule has 0 fully saturated rings. The molecule has 0 saturated heterocycles. The van der Waals surface area contributed by atoms with E-state index >= 15 is 0 Å². The quantitative estimate of drug-likeness (QED) is 0.416. The fourth-order valence-corrected chi connectivity index (χ4v) is 2.05. The molecule has 25 heavy (non-hydrogen) atoms. The zero-order valence-electron chi connectivity index (χ0n) is 12.2. The number of nitro benzene ring substituents is 1. The highest BCUT2D eigenvalue weighted by Gasteiger charge is 2.12. The van der Waals surface area contributed by atoms with Gasteiger partial charge in [0.15, 0.2) is 12.4 Å². The van der Waals surface area contributed by atoms with Gasteiger partial charge in [-0.25, -0.2) is 5.43 Å². The topological polar surface area (TPSA) is 150 Å². The van der Waals surface area contributed by atoms with Crippen LogP contribution in [-0.2, 0) is 4.79 Å². The molecular weight excluding hydrogens is 404 g/mol. The SMILES string of the molecule is O=C(COc1ccc([N+](=O)[O-])cc1Br)N/N=C\c1ccc([N+](=O)[O-])o1. The number of ether oxygens (including phenoxy) is 1. The third-order valence-electron chi connectivity index (χ3n) is 2.66. The molecule has 1 aromatic heterocycles. The number of hydrogen-bond donors (Lipinski definition) is 1. The lowest BCUT2D eigenvalue weighted by molar-refractivity contribution is -0.402. The number of halogens is 1. The maximum absolute atomic E-state index is 11.6. The number of hydrogen-bond acceptors (Lipinski definition) is 8. The Morgan fingerprint density at radius 1 is 1.28 bits per heavy atom. The molecule has 130 valence electrons. The number of nitrogens with one attached hydrogen (secondary N) is 1. The molecule has 0 bridgehead atoms. The number of carbonyl (C=O) groups excluding carboxylic acids is 1. The van der Waals surface area contributed by atoms with E-state index in [-0.39, 0.29) is 17.2 Å². The van der Waals surface area contributed by atoms with Gasteiger partial charge in [0.2, 0.25) is 0 Å². The Balaban J connectivity index is 1.85. The maximum atomic E-state index is 11.6. The van der Waals surface area contributed by atoms with Crippen molar-refractivity contribution >= 4 is 39.6 Å². The first-order valence-corrected chi connectivity index (χ1v) is 7.29. The Morgan fingerprint density at radius 2 is 2.04 bits per heavy atom. The van der Waals surface area contributed by atoms with Gasteiger partial charge in [0.25, 0.3) is 11.6 Å². The molecule has 0 spiro atoms. The third kappa shape index (κ3) is 5.10. The molecule has 0 saturated carbocycles. The second-order valence-corrected chi connectivity index (χ2v) is 5.24. The van der Waals surface area contributed by atoms with Crippen LogP contribution in [0.4, 0.5) is 11.6 Å². The van der Waals surface area contributed by atoms with E-state index in [9.17, 15) is 25.0 Å². The summed E-state index contributed by atoms with van der Waals surface area (Å²) in [4.78, 5) is 31.4. The highest BCUT2D eigenvalue weighted by molar-refractivity contribution is 9.10. The Bertz CT molecular complexity index is 849. The summed E-state index contributed by atoms with van der Waals surface area (Å²) < 4.78 is 10.3. The smallest absolute Gasteiger partial charge is 0.433 e. The first-order chi connectivity index (χ1) is 11.9. The summed E-state index contributed by atoms with van der Waals surface area (Å²) >= 11 is 3.10. The van der Waals surface area contributed by atoms with Gasteiger partial charge >= 0.3 is 5.88 Å². The molecule has 0 unspecified atom stereocenters. The van der Waals surface area contributed by atoms with E-state index in [2.05, 4.69) is 26.5 Å². The molecule has 12 heteroatoms. The number of nitrogens with zero attached hydrogens (tertiary/aromatic N) is 3. The minimum absolute atomic E-state index is 0.0889. The van der Waals surface area contributed by atoms with E-state index in [1.54, 1.807) is 0 Å². The summed E-state index contributed by atoms with van der Waals surface area (Å²) in [5.74, 6) is -0.723. The van der Waals surface area contributed by atoms with Crippen LogP contribution in [0.2, 0.25) is 0 Å². The Kier molecular flexibility index (Phi) is 5.79. The number of non-ortho nitro benzene ring substituents is 1. The van der Waals surface area contributed by atoms with Crippen LogP contribution in [0.5, 0.6) is 5.75 Å². The van der Waals surface area contributed by atoms with Crippen molar-refractivity contribution in [2.75, 3.05) is 6.61 Å². The molecule has 0 aliphatic carbocycles. The van der Waals surface area contributed by atoms with Crippen LogP contribution in [0.25, 0.3) is 0 Å². The van der Waals surface area contributed by atoms with E-state index in [1.165, 1.54) is 24.3 Å². The van der Waals surface area contributed by atoms with Gasteiger partial charge in [-0.3, -0.25) is 25.0 Å². The van der Waals surface area contributed by atoms with Gasteiger partial charge in [0, 0.05) is 12.1 Å². The monoisotopic (exact) mass is 412 g/mol. The van der Waals surface area contributed by atoms with Gasteiger partial charge in [-0.2, -0.15) is 5.10 Å². The number of hydrazone groups is 1. The lowest BCUT2D eigenvalue weighted by Gasteiger charge is -2.06. The van der Waals surface area contributed by atoms with Gasteiger partial charge in [0.05, 0.1) is 21.7 Å². The molecule has 1 aromatic carbocycles. The van der Waals surface area contributed by atoms with Crippen LogP contribution in [0.15, 0.2) is 44.3 Å². The highest BCUT2D eigenvalue weighted by Crippen LogP contribution is 2.28. The molecule has 1 N–H and O–H groups in total. The highest BCUT2D eigenvalue weighted by atomic mass is 79.9. The van der Waals surface area contributed by atoms with Crippen LogP contribution >= 0.6 is 15.9 Å². The van der Waals surface area contributed by atoms with E-state index < -0.39 is 28.2 Å². The lowest BCUT2D eigenvalue weighted by Crippen LogP contribution is -2.24. The summed E-state index contributed by atoms with van der Waals surface area (Å²) in [5.41, 5.74) is 2.02. The van der Waals surface area contributed by atoms with Gasteiger partial charge in [-0.05, 0) is 28.1 Å². The van der Waals surface area contributed by atoms with Gasteiger partial charge in [-0.15, -0.1) is 0 Å². The van der Waals surface area contributed by atoms with Gasteiger partial charge in [0.1, 0.15) is 10.7 Å². The Hall–Kier alpha value is -3.28. The number of carbonyl (C=O) groups is 1. The number of furan rings is 1. The van der Waals surface area contributed by atoms with Crippen LogP contribution in [-0.4, -0.2) is 28.6 Å². The van der Waals surface area contributed by atoms with Crippen molar-refractivity contribution < 1.29 is 23.8 Å². The molecule has 2 aromatic rings. The molecule has 0 radical (unpaired) electrons. The molecule has 0 atom stereocenters. The minimum Gasteiger partial charge on any atom is -0.483 e. The standard InChI is InChI=1S/C13H9BrN4O7/c14-10-5-8(17(20)21)1-3-11(10)24-7-12(19)16-15-6-9-2-4-13(25-9)18(22)23/h1-6H,7H2,(H,16,19)/b15-6-. The van der Waals surface area contributed by atoms with Crippen LogP contribution in [0.3, 0.4) is 0 Å². The zero-order chi connectivity index (χ0) is 18.4. The zero-order valence-corrected chi connectivity index (χ0v) is 13.8. The Labute approximate surface area is 147 Å². The lowest BCUT2D eigenvalue weighted by atomic mass is 10.3. The van der Waals surface area contributed by atoms with Crippen LogP contribution < -0.4 is 10.2 Å². The number of rotatable bonds is 7. The molecule has 1 amide bonds. The first-order valence-electron chi connectivity index (χ1n) is 6.49. The summed E-state index contributed by atoms with van der Waals surface area (Å²) in [5, 5.41) is 24.6. The van der Waals surface area contributed by atoms with Crippen molar-refractivity contribution in [1.29, 1.82) is 0 Å². The number of benzene rings is 1.